The lowest BCUT2D eigenvalue weighted by molar-refractivity contribution is -0.137. The van der Waals surface area contributed by atoms with Crippen LogP contribution in [0.3, 0.4) is 0 Å². The van der Waals surface area contributed by atoms with Crippen LogP contribution in [0, 0.1) is 17.1 Å². The fraction of sp³-hybridized carbons (Fsp3) is 0.0625. The van der Waals surface area contributed by atoms with Crippen molar-refractivity contribution in [3.8, 4) is 6.07 Å². The van der Waals surface area contributed by atoms with Gasteiger partial charge in [-0.05, 0) is 29.8 Å². The predicted octanol–water partition coefficient (Wildman–Crippen LogP) is 4.91. The summed E-state index contributed by atoms with van der Waals surface area (Å²) in [6.07, 6.45) is -3.23. The van der Waals surface area contributed by atoms with Crippen molar-refractivity contribution in [1.29, 1.82) is 5.26 Å². The van der Waals surface area contributed by atoms with Gasteiger partial charge in [-0.1, -0.05) is 30.3 Å². The lowest BCUT2D eigenvalue weighted by atomic mass is 10.0. The van der Waals surface area contributed by atoms with Gasteiger partial charge in [-0.25, -0.2) is 4.39 Å². The van der Waals surface area contributed by atoms with Gasteiger partial charge in [0.1, 0.15) is 5.82 Å². The molecular weight excluding hydrogens is 282 g/mol. The summed E-state index contributed by atoms with van der Waals surface area (Å²) in [6, 6.07) is 11.9. The maximum Gasteiger partial charge on any atom is 0.416 e. The summed E-state index contributed by atoms with van der Waals surface area (Å²) in [4.78, 5) is 0. The zero-order valence-corrected chi connectivity index (χ0v) is 10.7. The van der Waals surface area contributed by atoms with Crippen molar-refractivity contribution < 1.29 is 17.6 Å². The minimum atomic E-state index is -4.46. The third-order valence-corrected chi connectivity index (χ3v) is 2.81. The minimum absolute atomic E-state index is 0.0348. The molecule has 2 aromatic carbocycles. The van der Waals surface area contributed by atoms with Crippen molar-refractivity contribution in [2.75, 3.05) is 0 Å². The number of nitrogens with zero attached hydrogens (tertiary/aromatic N) is 1. The second-order valence-electron chi connectivity index (χ2n) is 4.27. The van der Waals surface area contributed by atoms with Crippen LogP contribution in [0.2, 0.25) is 0 Å². The highest BCUT2D eigenvalue weighted by molar-refractivity contribution is 5.89. The molecule has 0 aliphatic carbocycles. The second kappa shape index (κ2) is 5.80. The molecule has 0 aliphatic heterocycles. The Labute approximate surface area is 118 Å². The van der Waals surface area contributed by atoms with Crippen molar-refractivity contribution >= 4 is 11.6 Å². The number of halogens is 4. The third-order valence-electron chi connectivity index (χ3n) is 2.81. The quantitative estimate of drug-likeness (QED) is 0.438. The molecule has 0 unspecified atom stereocenters. The van der Waals surface area contributed by atoms with Crippen LogP contribution in [0.1, 0.15) is 16.7 Å². The Morgan fingerprint density at radius 1 is 1.05 bits per heavy atom. The van der Waals surface area contributed by atoms with Gasteiger partial charge in [0.2, 0.25) is 0 Å². The van der Waals surface area contributed by atoms with E-state index in [1.165, 1.54) is 36.4 Å². The summed E-state index contributed by atoms with van der Waals surface area (Å²) >= 11 is 0. The first-order valence-electron chi connectivity index (χ1n) is 5.96. The zero-order chi connectivity index (χ0) is 15.5. The van der Waals surface area contributed by atoms with Gasteiger partial charge in [0, 0.05) is 5.56 Å². The van der Waals surface area contributed by atoms with E-state index in [0.717, 1.165) is 12.1 Å². The summed E-state index contributed by atoms with van der Waals surface area (Å²) in [6.45, 7) is 0. The predicted molar refractivity (Wildman–Crippen MR) is 71.3 cm³/mol. The maximum absolute atomic E-state index is 13.6. The second-order valence-corrected chi connectivity index (χ2v) is 4.27. The number of hydrogen-bond acceptors (Lipinski definition) is 1. The topological polar surface area (TPSA) is 23.8 Å². The Kier molecular flexibility index (Phi) is 4.08. The van der Waals surface area contributed by atoms with Gasteiger partial charge in [0.05, 0.1) is 17.2 Å². The molecule has 0 heterocycles. The van der Waals surface area contributed by atoms with Crippen molar-refractivity contribution in [3.05, 3.63) is 71.0 Å². The molecule has 0 aliphatic rings. The van der Waals surface area contributed by atoms with Crippen molar-refractivity contribution in [1.82, 2.24) is 0 Å². The van der Waals surface area contributed by atoms with Crippen LogP contribution in [0.15, 0.2) is 48.5 Å². The number of benzene rings is 2. The summed E-state index contributed by atoms with van der Waals surface area (Å²) in [5.41, 5.74) is -0.614. The van der Waals surface area contributed by atoms with Gasteiger partial charge in [-0.15, -0.1) is 0 Å². The van der Waals surface area contributed by atoms with Gasteiger partial charge >= 0.3 is 6.18 Å². The molecule has 1 nitrogen and oxygen atoms in total. The van der Waals surface area contributed by atoms with Crippen molar-refractivity contribution in [2.24, 2.45) is 0 Å². The summed E-state index contributed by atoms with van der Waals surface area (Å²) in [7, 11) is 0. The standard InChI is InChI=1S/C16H9F4N/c17-15-7-2-1-6-14(15)12(10-21)8-11-4-3-5-13(9-11)16(18,19)20/h1-9H/b12-8-. The van der Waals surface area contributed by atoms with Gasteiger partial charge in [0.25, 0.3) is 0 Å². The average molecular weight is 291 g/mol. The lowest BCUT2D eigenvalue weighted by Gasteiger charge is -2.07. The molecule has 21 heavy (non-hydrogen) atoms. The largest absolute Gasteiger partial charge is 0.416 e. The Bertz CT molecular complexity index is 724. The molecule has 5 heteroatoms. The molecule has 0 radical (unpaired) electrons. The van der Waals surface area contributed by atoms with Crippen LogP contribution < -0.4 is 0 Å². The van der Waals surface area contributed by atoms with Crippen molar-refractivity contribution in [2.45, 2.75) is 6.18 Å². The van der Waals surface area contributed by atoms with Gasteiger partial charge in [-0.3, -0.25) is 0 Å². The Morgan fingerprint density at radius 2 is 1.76 bits per heavy atom. The highest BCUT2D eigenvalue weighted by Crippen LogP contribution is 2.30. The smallest absolute Gasteiger partial charge is 0.206 e. The number of allylic oxidation sites excluding steroid dienone is 1. The molecule has 0 N–H and O–H groups in total. The fourth-order valence-electron chi connectivity index (χ4n) is 1.82. The first-order valence-corrected chi connectivity index (χ1v) is 5.96. The van der Waals surface area contributed by atoms with Crippen LogP contribution in [0.5, 0.6) is 0 Å². The highest BCUT2D eigenvalue weighted by Gasteiger charge is 2.30. The number of nitriles is 1. The molecule has 106 valence electrons. The van der Waals surface area contributed by atoms with E-state index in [9.17, 15) is 17.6 Å². The molecule has 2 aromatic rings. The molecule has 0 amide bonds. The van der Waals surface area contributed by atoms with E-state index in [2.05, 4.69) is 0 Å². The SMILES string of the molecule is N#C/C(=C/c1cccc(C(F)(F)F)c1)c1ccccc1F. The van der Waals surface area contributed by atoms with Gasteiger partial charge in [-0.2, -0.15) is 18.4 Å². The molecule has 0 saturated heterocycles. The first kappa shape index (κ1) is 14.8. The molecule has 0 spiro atoms. The van der Waals surface area contributed by atoms with E-state index < -0.39 is 17.6 Å². The highest BCUT2D eigenvalue weighted by atomic mass is 19.4. The Balaban J connectivity index is 2.47. The zero-order valence-electron chi connectivity index (χ0n) is 10.7. The fourth-order valence-corrected chi connectivity index (χ4v) is 1.82. The average Bonchev–Trinajstić information content (AvgIpc) is 2.45. The Morgan fingerprint density at radius 3 is 2.38 bits per heavy atom. The number of hydrogen-bond donors (Lipinski definition) is 0. The van der Waals surface area contributed by atoms with E-state index in [0.29, 0.717) is 0 Å². The van der Waals surface area contributed by atoms with Crippen LogP contribution in [0.25, 0.3) is 11.6 Å². The first-order chi connectivity index (χ1) is 9.91. The molecule has 0 fully saturated rings. The van der Waals surface area contributed by atoms with Crippen LogP contribution >= 0.6 is 0 Å². The van der Waals surface area contributed by atoms with Crippen molar-refractivity contribution in [3.63, 3.8) is 0 Å². The van der Waals surface area contributed by atoms with Crippen LogP contribution in [0.4, 0.5) is 17.6 Å². The van der Waals surface area contributed by atoms with Gasteiger partial charge in [0.15, 0.2) is 0 Å². The van der Waals surface area contributed by atoms with E-state index in [-0.39, 0.29) is 16.7 Å². The van der Waals surface area contributed by atoms with E-state index in [1.807, 2.05) is 0 Å². The molecule has 0 aromatic heterocycles. The van der Waals surface area contributed by atoms with E-state index in [1.54, 1.807) is 12.1 Å². The van der Waals surface area contributed by atoms with E-state index >= 15 is 0 Å². The summed E-state index contributed by atoms with van der Waals surface area (Å²) < 4.78 is 51.5. The molecular formula is C16H9F4N. The third kappa shape index (κ3) is 3.48. The van der Waals surface area contributed by atoms with E-state index in [4.69, 9.17) is 5.26 Å². The monoisotopic (exact) mass is 291 g/mol. The molecule has 0 bridgehead atoms. The normalized spacial score (nSPS) is 12.0. The minimum Gasteiger partial charge on any atom is -0.206 e. The Hall–Kier alpha value is -2.61. The molecule has 0 atom stereocenters. The molecule has 0 saturated carbocycles. The number of alkyl halides is 3. The van der Waals surface area contributed by atoms with Gasteiger partial charge < -0.3 is 0 Å². The molecule has 2 rings (SSSR count). The summed E-state index contributed by atoms with van der Waals surface area (Å²) in [5.74, 6) is -0.600. The summed E-state index contributed by atoms with van der Waals surface area (Å²) in [5, 5.41) is 9.09. The number of rotatable bonds is 2. The van der Waals surface area contributed by atoms with Crippen LogP contribution in [-0.4, -0.2) is 0 Å². The maximum atomic E-state index is 13.6. The van der Waals surface area contributed by atoms with Crippen LogP contribution in [-0.2, 0) is 6.18 Å². The lowest BCUT2D eigenvalue weighted by Crippen LogP contribution is -2.04.